The Morgan fingerprint density at radius 3 is 2.74 bits per heavy atom. The van der Waals surface area contributed by atoms with E-state index < -0.39 is 11.8 Å². The zero-order chi connectivity index (χ0) is 14.3. The van der Waals surface area contributed by atoms with Gasteiger partial charge in [-0.05, 0) is 30.5 Å². The molecule has 1 aromatic carbocycles. The first-order valence-electron chi connectivity index (χ1n) is 6.80. The second-order valence-corrected chi connectivity index (χ2v) is 4.75. The highest BCUT2D eigenvalue weighted by Gasteiger charge is 2.13. The number of rotatable bonds is 7. The van der Waals surface area contributed by atoms with Gasteiger partial charge in [-0.25, -0.2) is 9.18 Å². The minimum Gasteiger partial charge on any atom is -0.462 e. The lowest BCUT2D eigenvalue weighted by Crippen LogP contribution is -2.14. The maximum atomic E-state index is 13.0. The summed E-state index contributed by atoms with van der Waals surface area (Å²) in [7, 11) is 0. The molecule has 0 fully saturated rings. The van der Waals surface area contributed by atoms with Gasteiger partial charge in [-0.15, -0.1) is 0 Å². The molecule has 19 heavy (non-hydrogen) atoms. The van der Waals surface area contributed by atoms with Gasteiger partial charge in [-0.2, -0.15) is 0 Å². The summed E-state index contributed by atoms with van der Waals surface area (Å²) < 4.78 is 18.2. The Kier molecular flexibility index (Phi) is 6.33. The number of hydrogen-bond donors (Lipinski definition) is 1. The molecule has 1 rings (SSSR count). The highest BCUT2D eigenvalue weighted by atomic mass is 19.1. The molecule has 0 aliphatic rings. The van der Waals surface area contributed by atoms with Crippen LogP contribution in [0.25, 0.3) is 0 Å². The van der Waals surface area contributed by atoms with Gasteiger partial charge in [-0.3, -0.25) is 0 Å². The van der Waals surface area contributed by atoms with Crippen molar-refractivity contribution in [2.45, 2.75) is 39.5 Å². The molecule has 0 aliphatic carbocycles. The Morgan fingerprint density at radius 2 is 2.16 bits per heavy atom. The van der Waals surface area contributed by atoms with Crippen molar-refractivity contribution in [2.24, 2.45) is 5.92 Å². The van der Waals surface area contributed by atoms with Crippen molar-refractivity contribution >= 4 is 11.7 Å². The van der Waals surface area contributed by atoms with E-state index >= 15 is 0 Å². The lowest BCUT2D eigenvalue weighted by molar-refractivity contribution is 0.0428. The molecule has 0 spiro atoms. The number of esters is 1. The Labute approximate surface area is 113 Å². The second kappa shape index (κ2) is 7.77. The van der Waals surface area contributed by atoms with Crippen molar-refractivity contribution in [1.82, 2.24) is 0 Å². The Balaban J connectivity index is 2.52. The monoisotopic (exact) mass is 267 g/mol. The summed E-state index contributed by atoms with van der Waals surface area (Å²) in [6.07, 6.45) is 4.32. The Hall–Kier alpha value is -1.58. The molecule has 3 nitrogen and oxygen atoms in total. The number of hydrogen-bond acceptors (Lipinski definition) is 3. The third-order valence-corrected chi connectivity index (χ3v) is 3.23. The smallest absolute Gasteiger partial charge is 0.338 e. The van der Waals surface area contributed by atoms with E-state index in [2.05, 4.69) is 13.8 Å². The maximum Gasteiger partial charge on any atom is 0.338 e. The van der Waals surface area contributed by atoms with Crippen LogP contribution in [0.2, 0.25) is 0 Å². The quantitative estimate of drug-likeness (QED) is 0.604. The lowest BCUT2D eigenvalue weighted by atomic mass is 10.0. The van der Waals surface area contributed by atoms with Gasteiger partial charge in [0.25, 0.3) is 0 Å². The number of halogens is 1. The summed E-state index contributed by atoms with van der Waals surface area (Å²) >= 11 is 0. The number of unbranched alkanes of at least 4 members (excludes halogenated alkanes) is 1. The summed E-state index contributed by atoms with van der Waals surface area (Å²) in [5, 5.41) is 0. The third-order valence-electron chi connectivity index (χ3n) is 3.23. The molecule has 1 unspecified atom stereocenters. The summed E-state index contributed by atoms with van der Waals surface area (Å²) in [4.78, 5) is 11.8. The number of anilines is 1. The number of ether oxygens (including phenoxy) is 1. The predicted molar refractivity (Wildman–Crippen MR) is 74.4 cm³/mol. The fraction of sp³-hybridized carbons (Fsp3) is 0.533. The van der Waals surface area contributed by atoms with Crippen molar-refractivity contribution < 1.29 is 13.9 Å². The average molecular weight is 267 g/mol. The van der Waals surface area contributed by atoms with Crippen LogP contribution in [0.3, 0.4) is 0 Å². The molecule has 1 atom stereocenters. The molecule has 4 heteroatoms. The van der Waals surface area contributed by atoms with Crippen LogP contribution in [0.1, 0.15) is 49.9 Å². The van der Waals surface area contributed by atoms with Crippen molar-refractivity contribution in [2.75, 3.05) is 12.3 Å². The molecular formula is C15H22FNO2. The van der Waals surface area contributed by atoms with Gasteiger partial charge in [0.2, 0.25) is 0 Å². The van der Waals surface area contributed by atoms with E-state index in [1.165, 1.54) is 18.2 Å². The van der Waals surface area contributed by atoms with Crippen molar-refractivity contribution in [3.8, 4) is 0 Å². The van der Waals surface area contributed by atoms with Gasteiger partial charge in [0.05, 0.1) is 17.9 Å². The Bertz CT molecular complexity index is 421. The number of carbonyl (C=O) groups is 1. The molecule has 0 aliphatic heterocycles. The van der Waals surface area contributed by atoms with E-state index in [1.54, 1.807) is 0 Å². The first-order valence-corrected chi connectivity index (χ1v) is 6.80. The Morgan fingerprint density at radius 1 is 1.42 bits per heavy atom. The van der Waals surface area contributed by atoms with Crippen LogP contribution in [0, 0.1) is 11.7 Å². The molecule has 0 radical (unpaired) electrons. The standard InChI is InChI=1S/C15H22FNO2/c1-3-5-6-11(4-2)10-19-15(18)12-7-8-13(16)14(17)9-12/h7-9,11H,3-6,10,17H2,1-2H3. The number of nitrogen functional groups attached to an aromatic ring is 1. The van der Waals surface area contributed by atoms with Crippen LogP contribution >= 0.6 is 0 Å². The summed E-state index contributed by atoms with van der Waals surface area (Å²) in [5.74, 6) is -0.575. The van der Waals surface area contributed by atoms with Crippen LogP contribution < -0.4 is 5.73 Å². The van der Waals surface area contributed by atoms with Gasteiger partial charge < -0.3 is 10.5 Å². The molecule has 0 bridgehead atoms. The maximum absolute atomic E-state index is 13.0. The van der Waals surface area contributed by atoms with Crippen LogP contribution in [-0.4, -0.2) is 12.6 Å². The summed E-state index contributed by atoms with van der Waals surface area (Å²) in [6.45, 7) is 4.64. The van der Waals surface area contributed by atoms with Crippen molar-refractivity contribution in [1.29, 1.82) is 0 Å². The van der Waals surface area contributed by atoms with E-state index in [1.807, 2.05) is 0 Å². The molecule has 0 aromatic heterocycles. The van der Waals surface area contributed by atoms with E-state index in [9.17, 15) is 9.18 Å². The van der Waals surface area contributed by atoms with Gasteiger partial charge >= 0.3 is 5.97 Å². The van der Waals surface area contributed by atoms with Gasteiger partial charge in [0.1, 0.15) is 5.82 Å². The van der Waals surface area contributed by atoms with E-state index in [4.69, 9.17) is 10.5 Å². The zero-order valence-electron chi connectivity index (χ0n) is 11.6. The van der Waals surface area contributed by atoms with Crippen LogP contribution in [0.5, 0.6) is 0 Å². The molecule has 0 amide bonds. The fourth-order valence-electron chi connectivity index (χ4n) is 1.85. The van der Waals surface area contributed by atoms with E-state index in [0.717, 1.165) is 25.7 Å². The lowest BCUT2D eigenvalue weighted by Gasteiger charge is -2.14. The molecule has 0 heterocycles. The average Bonchev–Trinajstić information content (AvgIpc) is 2.41. The zero-order valence-corrected chi connectivity index (χ0v) is 11.6. The fourth-order valence-corrected chi connectivity index (χ4v) is 1.85. The molecule has 2 N–H and O–H groups in total. The summed E-state index contributed by atoms with van der Waals surface area (Å²) in [5.41, 5.74) is 5.68. The van der Waals surface area contributed by atoms with Crippen LogP contribution in [-0.2, 0) is 4.74 Å². The van der Waals surface area contributed by atoms with Crippen LogP contribution in [0.4, 0.5) is 10.1 Å². The molecule has 1 aromatic rings. The number of carbonyl (C=O) groups excluding carboxylic acids is 1. The summed E-state index contributed by atoms with van der Waals surface area (Å²) in [6, 6.07) is 3.88. The first kappa shape index (κ1) is 15.5. The van der Waals surface area contributed by atoms with Crippen LogP contribution in [0.15, 0.2) is 18.2 Å². The van der Waals surface area contributed by atoms with Crippen molar-refractivity contribution in [3.05, 3.63) is 29.6 Å². The molecular weight excluding hydrogens is 245 g/mol. The molecule has 0 saturated heterocycles. The van der Waals surface area contributed by atoms with Crippen molar-refractivity contribution in [3.63, 3.8) is 0 Å². The minimum absolute atomic E-state index is 0.0347. The van der Waals surface area contributed by atoms with Gasteiger partial charge in [0, 0.05) is 0 Å². The van der Waals surface area contributed by atoms with E-state index in [-0.39, 0.29) is 5.69 Å². The third kappa shape index (κ3) is 4.89. The first-order chi connectivity index (χ1) is 9.08. The topological polar surface area (TPSA) is 52.3 Å². The van der Waals surface area contributed by atoms with E-state index in [0.29, 0.717) is 18.1 Å². The number of nitrogens with two attached hydrogens (primary N) is 1. The largest absolute Gasteiger partial charge is 0.462 e. The minimum atomic E-state index is -0.522. The molecule has 106 valence electrons. The van der Waals surface area contributed by atoms with Gasteiger partial charge in [-0.1, -0.05) is 33.1 Å². The second-order valence-electron chi connectivity index (χ2n) is 4.75. The highest BCUT2D eigenvalue weighted by molar-refractivity contribution is 5.90. The predicted octanol–water partition coefficient (Wildman–Crippen LogP) is 3.78. The van der Waals surface area contributed by atoms with Gasteiger partial charge in [0.15, 0.2) is 0 Å². The normalized spacial score (nSPS) is 12.2. The molecule has 0 saturated carbocycles. The number of benzene rings is 1. The highest BCUT2D eigenvalue weighted by Crippen LogP contribution is 2.16. The SMILES string of the molecule is CCCCC(CC)COC(=O)c1ccc(F)c(N)c1.